The van der Waals surface area contributed by atoms with Gasteiger partial charge in [-0.1, -0.05) is 41.9 Å². The minimum absolute atomic E-state index is 0.284. The molecule has 0 fully saturated rings. The molecule has 0 atom stereocenters. The number of carbonyl (C=O) groups excluding carboxylic acids is 1. The zero-order chi connectivity index (χ0) is 22.5. The number of hydrogen-bond acceptors (Lipinski definition) is 4. The Morgan fingerprint density at radius 2 is 1.91 bits per heavy atom. The van der Waals surface area contributed by atoms with Crippen LogP contribution in [0.2, 0.25) is 5.02 Å². The van der Waals surface area contributed by atoms with Crippen molar-refractivity contribution < 1.29 is 14.3 Å². The van der Waals surface area contributed by atoms with Crippen molar-refractivity contribution in [3.05, 3.63) is 94.6 Å². The van der Waals surface area contributed by atoms with E-state index in [0.29, 0.717) is 28.8 Å². The highest BCUT2D eigenvalue weighted by Gasteiger charge is 2.12. The highest BCUT2D eigenvalue weighted by atomic mass is 35.5. The number of methoxy groups -OCH3 is 1. The maximum atomic E-state index is 12.5. The molecule has 1 N–H and O–H groups in total. The zero-order valence-electron chi connectivity index (χ0n) is 17.7. The van der Waals surface area contributed by atoms with Gasteiger partial charge in [0.25, 0.3) is 5.91 Å². The maximum Gasteiger partial charge on any atom is 0.287 e. The van der Waals surface area contributed by atoms with Crippen molar-refractivity contribution in [2.24, 2.45) is 12.1 Å². The summed E-state index contributed by atoms with van der Waals surface area (Å²) in [5.74, 6) is 0.883. The molecular formula is C25H22ClN3O3. The average Bonchev–Trinajstić information content (AvgIpc) is 3.15. The first kappa shape index (κ1) is 21.5. The maximum absolute atomic E-state index is 12.5. The number of amides is 1. The van der Waals surface area contributed by atoms with E-state index < -0.39 is 0 Å². The molecule has 0 bridgehead atoms. The van der Waals surface area contributed by atoms with Crippen molar-refractivity contribution in [2.75, 3.05) is 7.11 Å². The first-order valence-corrected chi connectivity index (χ1v) is 10.4. The van der Waals surface area contributed by atoms with Crippen LogP contribution >= 0.6 is 11.6 Å². The number of carbonyl (C=O) groups is 1. The Morgan fingerprint density at radius 1 is 1.06 bits per heavy atom. The first-order chi connectivity index (χ1) is 15.5. The van der Waals surface area contributed by atoms with Crippen LogP contribution in [-0.4, -0.2) is 23.8 Å². The number of nitrogens with zero attached hydrogens (tertiary/aromatic N) is 2. The summed E-state index contributed by atoms with van der Waals surface area (Å²) in [6, 6.07) is 22.6. The molecule has 0 unspecified atom stereocenters. The summed E-state index contributed by atoms with van der Waals surface area (Å²) in [6.45, 7) is 0.366. The van der Waals surface area contributed by atoms with E-state index in [-0.39, 0.29) is 5.91 Å². The lowest BCUT2D eigenvalue weighted by Crippen LogP contribution is -2.20. The first-order valence-electron chi connectivity index (χ1n) is 9.98. The molecular weight excluding hydrogens is 426 g/mol. The van der Waals surface area contributed by atoms with E-state index in [0.717, 1.165) is 22.0 Å². The van der Waals surface area contributed by atoms with Crippen LogP contribution in [-0.2, 0) is 13.7 Å². The smallest absolute Gasteiger partial charge is 0.287 e. The fourth-order valence-corrected chi connectivity index (χ4v) is 3.61. The number of hydrogen-bond donors (Lipinski definition) is 1. The van der Waals surface area contributed by atoms with Gasteiger partial charge in [-0.25, -0.2) is 5.43 Å². The molecule has 0 aliphatic heterocycles. The summed E-state index contributed by atoms with van der Waals surface area (Å²) >= 11 is 6.02. The van der Waals surface area contributed by atoms with Crippen LogP contribution in [0.1, 0.15) is 21.6 Å². The monoisotopic (exact) mass is 447 g/mol. The highest BCUT2D eigenvalue weighted by Crippen LogP contribution is 2.28. The normalized spacial score (nSPS) is 11.1. The van der Waals surface area contributed by atoms with Gasteiger partial charge in [-0.3, -0.25) is 4.79 Å². The van der Waals surface area contributed by atoms with Crippen LogP contribution in [0.5, 0.6) is 11.5 Å². The fraction of sp³-hybridized carbons (Fsp3) is 0.120. The molecule has 4 rings (SSSR count). The Labute approximate surface area is 191 Å². The predicted octanol–water partition coefficient (Wildman–Crippen LogP) is 5.18. The topological polar surface area (TPSA) is 64.8 Å². The number of benzene rings is 3. The van der Waals surface area contributed by atoms with Gasteiger partial charge in [0, 0.05) is 23.0 Å². The third kappa shape index (κ3) is 4.76. The summed E-state index contributed by atoms with van der Waals surface area (Å²) in [4.78, 5) is 12.5. The molecule has 1 aromatic heterocycles. The number of nitrogens with one attached hydrogen (secondary N) is 1. The molecule has 32 heavy (non-hydrogen) atoms. The zero-order valence-corrected chi connectivity index (χ0v) is 18.5. The Morgan fingerprint density at radius 3 is 2.69 bits per heavy atom. The molecule has 0 aliphatic rings. The van der Waals surface area contributed by atoms with Gasteiger partial charge in [0.15, 0.2) is 11.5 Å². The molecule has 3 aromatic carbocycles. The van der Waals surface area contributed by atoms with Gasteiger partial charge in [0.05, 0.1) is 13.3 Å². The lowest BCUT2D eigenvalue weighted by Gasteiger charge is -2.11. The highest BCUT2D eigenvalue weighted by molar-refractivity contribution is 6.30. The molecule has 162 valence electrons. The Bertz CT molecular complexity index is 1300. The van der Waals surface area contributed by atoms with Crippen LogP contribution in [0.4, 0.5) is 0 Å². The van der Waals surface area contributed by atoms with Gasteiger partial charge >= 0.3 is 0 Å². The second kappa shape index (κ2) is 9.58. The number of fused-ring (bicyclic) bond motifs is 1. The summed E-state index contributed by atoms with van der Waals surface area (Å²) < 4.78 is 13.1. The minimum Gasteiger partial charge on any atom is -0.493 e. The second-order valence-electron chi connectivity index (χ2n) is 7.18. The van der Waals surface area contributed by atoms with Crippen LogP contribution in [0.15, 0.2) is 77.9 Å². The number of aryl methyl sites for hydroxylation is 1. The molecule has 7 heteroatoms. The number of para-hydroxylation sites is 1. The molecule has 1 amide bonds. The van der Waals surface area contributed by atoms with Gasteiger partial charge in [-0.15, -0.1) is 0 Å². The molecule has 0 saturated carbocycles. The predicted molar refractivity (Wildman–Crippen MR) is 127 cm³/mol. The van der Waals surface area contributed by atoms with Crippen LogP contribution in [0, 0.1) is 0 Å². The van der Waals surface area contributed by atoms with Crippen LogP contribution in [0.3, 0.4) is 0 Å². The van der Waals surface area contributed by atoms with Gasteiger partial charge < -0.3 is 14.0 Å². The van der Waals surface area contributed by atoms with E-state index in [1.54, 1.807) is 25.5 Å². The number of rotatable bonds is 7. The summed E-state index contributed by atoms with van der Waals surface area (Å²) in [7, 11) is 3.43. The van der Waals surface area contributed by atoms with Crippen molar-refractivity contribution in [1.29, 1.82) is 0 Å². The number of hydrazone groups is 1. The number of halogens is 1. The lowest BCUT2D eigenvalue weighted by molar-refractivity contribution is 0.0947. The Hall–Kier alpha value is -3.77. The molecule has 1 heterocycles. The minimum atomic E-state index is -0.284. The van der Waals surface area contributed by atoms with Crippen LogP contribution in [0.25, 0.3) is 10.9 Å². The fourth-order valence-electron chi connectivity index (χ4n) is 3.40. The third-order valence-electron chi connectivity index (χ3n) is 5.04. The molecule has 0 aliphatic carbocycles. The number of ether oxygens (including phenoxy) is 2. The third-order valence-corrected chi connectivity index (χ3v) is 5.27. The SMILES string of the molecule is COc1cc(/C=N/NC(=O)c2cc3ccccc3n2C)ccc1OCc1cccc(Cl)c1. The van der Waals surface area contributed by atoms with E-state index in [9.17, 15) is 4.79 Å². The molecule has 4 aromatic rings. The van der Waals surface area contributed by atoms with Crippen molar-refractivity contribution in [1.82, 2.24) is 9.99 Å². The molecule has 0 radical (unpaired) electrons. The average molecular weight is 448 g/mol. The van der Waals surface area contributed by atoms with E-state index in [1.807, 2.05) is 72.3 Å². The summed E-state index contributed by atoms with van der Waals surface area (Å²) in [6.07, 6.45) is 1.56. The van der Waals surface area contributed by atoms with Crippen LogP contribution < -0.4 is 14.9 Å². The van der Waals surface area contributed by atoms with Crippen molar-refractivity contribution in [3.63, 3.8) is 0 Å². The van der Waals surface area contributed by atoms with Crippen molar-refractivity contribution in [2.45, 2.75) is 6.61 Å². The van der Waals surface area contributed by atoms with Crippen molar-refractivity contribution >= 4 is 34.6 Å². The number of aromatic nitrogens is 1. The van der Waals surface area contributed by atoms with Gasteiger partial charge in [-0.2, -0.15) is 5.10 Å². The molecule has 6 nitrogen and oxygen atoms in total. The Kier molecular flexibility index (Phi) is 6.42. The summed E-state index contributed by atoms with van der Waals surface area (Å²) in [5.41, 5.74) is 5.82. The van der Waals surface area contributed by atoms with Gasteiger partial charge in [0.1, 0.15) is 12.3 Å². The van der Waals surface area contributed by atoms with E-state index in [1.165, 1.54) is 0 Å². The van der Waals surface area contributed by atoms with Gasteiger partial charge in [-0.05, 0) is 53.6 Å². The molecule has 0 saturated heterocycles. The lowest BCUT2D eigenvalue weighted by atomic mass is 10.2. The molecule has 0 spiro atoms. The van der Waals surface area contributed by atoms with E-state index in [4.69, 9.17) is 21.1 Å². The second-order valence-corrected chi connectivity index (χ2v) is 7.61. The van der Waals surface area contributed by atoms with E-state index >= 15 is 0 Å². The Balaban J connectivity index is 1.42. The van der Waals surface area contributed by atoms with Gasteiger partial charge in [0.2, 0.25) is 0 Å². The largest absolute Gasteiger partial charge is 0.493 e. The summed E-state index contributed by atoms with van der Waals surface area (Å²) in [5, 5.41) is 5.75. The van der Waals surface area contributed by atoms with E-state index in [2.05, 4.69) is 10.5 Å². The standard InChI is InChI=1S/C25H22ClN3O3/c1-29-21-9-4-3-7-19(21)14-22(29)25(30)28-27-15-17-10-11-23(24(13-17)31-2)32-16-18-6-5-8-20(26)12-18/h3-15H,16H2,1-2H3,(H,28,30)/b27-15+. The quantitative estimate of drug-likeness (QED) is 0.313. The van der Waals surface area contributed by atoms with Crippen molar-refractivity contribution in [3.8, 4) is 11.5 Å².